The maximum atomic E-state index is 11.9. The lowest BCUT2D eigenvalue weighted by atomic mass is 9.82. The van der Waals surface area contributed by atoms with Crippen LogP contribution in [-0.4, -0.2) is 17.6 Å². The molecule has 1 amide bonds. The second kappa shape index (κ2) is 5.61. The van der Waals surface area contributed by atoms with Crippen molar-refractivity contribution in [3.63, 3.8) is 0 Å². The monoisotopic (exact) mass is 269 g/mol. The fraction of sp³-hybridized carbons (Fsp3) is 0.500. The third kappa shape index (κ3) is 3.91. The maximum Gasteiger partial charge on any atom is 0.255 e. The van der Waals surface area contributed by atoms with E-state index in [0.29, 0.717) is 17.5 Å². The van der Waals surface area contributed by atoms with Gasteiger partial charge in [-0.05, 0) is 29.5 Å². The first-order valence-electron chi connectivity index (χ1n) is 5.98. The lowest BCUT2D eigenvalue weighted by molar-refractivity contribution is 0.0934. The van der Waals surface area contributed by atoms with Crippen molar-refractivity contribution in [1.29, 1.82) is 0 Å². The number of phenols is 1. The number of amides is 1. The number of phenolic OH excluding ortho intramolecular Hbond substituents is 1. The minimum Gasteiger partial charge on any atom is -0.507 e. The highest BCUT2D eigenvalue weighted by Gasteiger charge is 2.21. The summed E-state index contributed by atoms with van der Waals surface area (Å²) in [5.41, 5.74) is 0.340. The van der Waals surface area contributed by atoms with Gasteiger partial charge >= 0.3 is 0 Å². The largest absolute Gasteiger partial charge is 0.507 e. The van der Waals surface area contributed by atoms with Crippen molar-refractivity contribution in [2.45, 2.75) is 27.7 Å². The van der Waals surface area contributed by atoms with Gasteiger partial charge < -0.3 is 10.4 Å². The number of benzene rings is 1. The molecule has 4 heteroatoms. The van der Waals surface area contributed by atoms with E-state index in [9.17, 15) is 9.90 Å². The Labute approximate surface area is 113 Å². The minimum atomic E-state index is -0.300. The van der Waals surface area contributed by atoms with E-state index in [0.717, 1.165) is 0 Å². The van der Waals surface area contributed by atoms with Crippen molar-refractivity contribution in [3.8, 4) is 5.75 Å². The summed E-state index contributed by atoms with van der Waals surface area (Å²) in [6, 6.07) is 4.43. The van der Waals surface area contributed by atoms with E-state index >= 15 is 0 Å². The van der Waals surface area contributed by atoms with Crippen LogP contribution in [-0.2, 0) is 0 Å². The number of carbonyl (C=O) groups is 1. The first-order chi connectivity index (χ1) is 8.21. The third-order valence-electron chi connectivity index (χ3n) is 3.25. The summed E-state index contributed by atoms with van der Waals surface area (Å²) in [5, 5.41) is 12.9. The average molecular weight is 270 g/mol. The van der Waals surface area contributed by atoms with Crippen LogP contribution in [0.3, 0.4) is 0 Å². The number of nitrogens with one attached hydrogen (secondary N) is 1. The molecule has 0 bridgehead atoms. The molecule has 0 aliphatic heterocycles. The predicted octanol–water partition coefficient (Wildman–Crippen LogP) is 3.46. The van der Waals surface area contributed by atoms with Gasteiger partial charge in [0.25, 0.3) is 5.91 Å². The second-order valence-electron chi connectivity index (χ2n) is 5.64. The van der Waals surface area contributed by atoms with Gasteiger partial charge in [0.15, 0.2) is 0 Å². The Morgan fingerprint density at radius 1 is 1.44 bits per heavy atom. The van der Waals surface area contributed by atoms with Gasteiger partial charge in [0, 0.05) is 11.6 Å². The number of aromatic hydroxyl groups is 1. The van der Waals surface area contributed by atoms with E-state index in [1.807, 2.05) is 0 Å². The summed E-state index contributed by atoms with van der Waals surface area (Å²) in [4.78, 5) is 11.9. The molecule has 1 rings (SSSR count). The topological polar surface area (TPSA) is 49.3 Å². The Morgan fingerprint density at radius 3 is 2.61 bits per heavy atom. The van der Waals surface area contributed by atoms with Crippen LogP contribution in [0.15, 0.2) is 18.2 Å². The number of hydrogen-bond donors (Lipinski definition) is 2. The molecule has 0 aliphatic rings. The molecular weight excluding hydrogens is 250 g/mol. The van der Waals surface area contributed by atoms with Crippen LogP contribution >= 0.6 is 11.6 Å². The standard InChI is InChI=1S/C14H20ClNO2/c1-9(14(2,3)4)8-16-13(18)11-7-10(15)5-6-12(11)17/h5-7,9,17H,8H2,1-4H3,(H,16,18). The summed E-state index contributed by atoms with van der Waals surface area (Å²) < 4.78 is 0. The van der Waals surface area contributed by atoms with Crippen LogP contribution in [0.2, 0.25) is 5.02 Å². The van der Waals surface area contributed by atoms with Crippen LogP contribution in [0.1, 0.15) is 38.1 Å². The zero-order valence-corrected chi connectivity index (χ0v) is 12.0. The average Bonchev–Trinajstić information content (AvgIpc) is 2.27. The highest BCUT2D eigenvalue weighted by molar-refractivity contribution is 6.31. The van der Waals surface area contributed by atoms with Crippen LogP contribution in [0, 0.1) is 11.3 Å². The van der Waals surface area contributed by atoms with Gasteiger partial charge in [0.1, 0.15) is 5.75 Å². The van der Waals surface area contributed by atoms with Crippen LogP contribution in [0.25, 0.3) is 0 Å². The molecule has 1 unspecified atom stereocenters. The summed E-state index contributed by atoms with van der Waals surface area (Å²) in [6.45, 7) is 9.02. The molecule has 3 nitrogen and oxygen atoms in total. The number of hydrogen-bond acceptors (Lipinski definition) is 2. The fourth-order valence-electron chi connectivity index (χ4n) is 1.34. The second-order valence-corrected chi connectivity index (χ2v) is 6.08. The molecule has 0 aliphatic carbocycles. The van der Waals surface area contributed by atoms with E-state index in [4.69, 9.17) is 11.6 Å². The quantitative estimate of drug-likeness (QED) is 0.883. The molecule has 0 saturated carbocycles. The predicted molar refractivity (Wildman–Crippen MR) is 74.1 cm³/mol. The summed E-state index contributed by atoms with van der Waals surface area (Å²) >= 11 is 5.81. The molecule has 1 aromatic carbocycles. The lowest BCUT2D eigenvalue weighted by Crippen LogP contribution is -2.33. The molecule has 0 fully saturated rings. The van der Waals surface area contributed by atoms with Gasteiger partial charge in [-0.1, -0.05) is 39.3 Å². The van der Waals surface area contributed by atoms with E-state index in [1.54, 1.807) is 6.07 Å². The number of halogens is 1. The molecule has 18 heavy (non-hydrogen) atoms. The van der Waals surface area contributed by atoms with Crippen LogP contribution < -0.4 is 5.32 Å². The molecule has 1 atom stereocenters. The van der Waals surface area contributed by atoms with Crippen molar-refractivity contribution >= 4 is 17.5 Å². The molecule has 1 aromatic rings. The van der Waals surface area contributed by atoms with E-state index < -0.39 is 0 Å². The molecular formula is C14H20ClNO2. The van der Waals surface area contributed by atoms with Crippen molar-refractivity contribution in [2.75, 3.05) is 6.54 Å². The molecule has 0 radical (unpaired) electrons. The Balaban J connectivity index is 2.69. The van der Waals surface area contributed by atoms with Gasteiger partial charge in [-0.3, -0.25) is 4.79 Å². The van der Waals surface area contributed by atoms with E-state index in [1.165, 1.54) is 12.1 Å². The Kier molecular flexibility index (Phi) is 4.63. The number of rotatable bonds is 3. The van der Waals surface area contributed by atoms with E-state index in [-0.39, 0.29) is 22.6 Å². The van der Waals surface area contributed by atoms with E-state index in [2.05, 4.69) is 33.0 Å². The highest BCUT2D eigenvalue weighted by Crippen LogP contribution is 2.25. The Hall–Kier alpha value is -1.22. The number of carbonyl (C=O) groups excluding carboxylic acids is 1. The summed E-state index contributed by atoms with van der Waals surface area (Å²) in [6.07, 6.45) is 0. The smallest absolute Gasteiger partial charge is 0.255 e. The zero-order chi connectivity index (χ0) is 13.9. The first-order valence-corrected chi connectivity index (χ1v) is 6.36. The minimum absolute atomic E-state index is 0.0553. The molecule has 0 spiro atoms. The van der Waals surface area contributed by atoms with Gasteiger partial charge in [-0.25, -0.2) is 0 Å². The molecule has 100 valence electrons. The van der Waals surface area contributed by atoms with Crippen molar-refractivity contribution in [3.05, 3.63) is 28.8 Å². The third-order valence-corrected chi connectivity index (χ3v) is 3.49. The molecule has 0 heterocycles. The molecule has 0 saturated heterocycles. The van der Waals surface area contributed by atoms with Gasteiger partial charge in [0.2, 0.25) is 0 Å². The lowest BCUT2D eigenvalue weighted by Gasteiger charge is -2.27. The van der Waals surface area contributed by atoms with Gasteiger partial charge in [-0.2, -0.15) is 0 Å². The highest BCUT2D eigenvalue weighted by atomic mass is 35.5. The van der Waals surface area contributed by atoms with Crippen molar-refractivity contribution in [2.24, 2.45) is 11.3 Å². The van der Waals surface area contributed by atoms with Crippen LogP contribution in [0.5, 0.6) is 5.75 Å². The van der Waals surface area contributed by atoms with Gasteiger partial charge in [-0.15, -0.1) is 0 Å². The van der Waals surface area contributed by atoms with Crippen LogP contribution in [0.4, 0.5) is 0 Å². The molecule has 2 N–H and O–H groups in total. The van der Waals surface area contributed by atoms with Crippen molar-refractivity contribution < 1.29 is 9.90 Å². The fourth-order valence-corrected chi connectivity index (χ4v) is 1.51. The van der Waals surface area contributed by atoms with Gasteiger partial charge in [0.05, 0.1) is 5.56 Å². The summed E-state index contributed by atoms with van der Waals surface area (Å²) in [5.74, 6) is -0.0193. The normalized spacial score (nSPS) is 13.2. The van der Waals surface area contributed by atoms with Crippen molar-refractivity contribution in [1.82, 2.24) is 5.32 Å². The zero-order valence-electron chi connectivity index (χ0n) is 11.2. The molecule has 0 aromatic heterocycles. The maximum absolute atomic E-state index is 11.9. The SMILES string of the molecule is CC(CNC(=O)c1cc(Cl)ccc1O)C(C)(C)C. The first kappa shape index (κ1) is 14.8. The summed E-state index contributed by atoms with van der Waals surface area (Å²) in [7, 11) is 0. The Morgan fingerprint density at radius 2 is 2.06 bits per heavy atom. The Bertz CT molecular complexity index is 438.